The van der Waals surface area contributed by atoms with E-state index >= 15 is 0 Å². The van der Waals surface area contributed by atoms with E-state index in [0.717, 1.165) is 5.56 Å². The topological polar surface area (TPSA) is 93.7 Å². The zero-order valence-corrected chi connectivity index (χ0v) is 17.2. The zero-order valence-electron chi connectivity index (χ0n) is 17.2. The molecule has 7 heteroatoms. The van der Waals surface area contributed by atoms with Crippen LogP contribution in [0.3, 0.4) is 0 Å². The summed E-state index contributed by atoms with van der Waals surface area (Å²) < 4.78 is 10.3. The van der Waals surface area contributed by atoms with Crippen LogP contribution in [0.1, 0.15) is 52.5 Å². The van der Waals surface area contributed by atoms with Crippen LogP contribution < -0.4 is 10.6 Å². The Kier molecular flexibility index (Phi) is 10.1. The largest absolute Gasteiger partial charge is 0.461 e. The van der Waals surface area contributed by atoms with Gasteiger partial charge in [0.05, 0.1) is 6.42 Å². The van der Waals surface area contributed by atoms with Crippen molar-refractivity contribution in [2.45, 2.75) is 59.2 Å². The number of esters is 1. The molecule has 0 aromatic heterocycles. The van der Waals surface area contributed by atoms with E-state index in [-0.39, 0.29) is 37.4 Å². The molecule has 156 valence electrons. The Morgan fingerprint density at radius 2 is 1.71 bits per heavy atom. The van der Waals surface area contributed by atoms with Gasteiger partial charge in [-0.05, 0) is 39.2 Å². The van der Waals surface area contributed by atoms with E-state index in [1.807, 2.05) is 37.3 Å². The van der Waals surface area contributed by atoms with Gasteiger partial charge in [0.25, 0.3) is 0 Å². The van der Waals surface area contributed by atoms with E-state index in [1.54, 1.807) is 20.8 Å². The number of nitrogens with one attached hydrogen (secondary N) is 2. The van der Waals surface area contributed by atoms with Gasteiger partial charge in [-0.15, -0.1) is 0 Å². The van der Waals surface area contributed by atoms with Gasteiger partial charge in [0, 0.05) is 19.0 Å². The van der Waals surface area contributed by atoms with Crippen LogP contribution in [0, 0.1) is 5.92 Å². The zero-order chi connectivity index (χ0) is 21.0. The van der Waals surface area contributed by atoms with Crippen molar-refractivity contribution < 1.29 is 23.9 Å². The fourth-order valence-electron chi connectivity index (χ4n) is 2.32. The summed E-state index contributed by atoms with van der Waals surface area (Å²) in [5.74, 6) is -0.674. The Bertz CT molecular complexity index is 625. The molecule has 1 aromatic rings. The lowest BCUT2D eigenvalue weighted by Crippen LogP contribution is -2.34. The number of benzene rings is 1. The summed E-state index contributed by atoms with van der Waals surface area (Å²) in [5, 5.41) is 5.41. The van der Waals surface area contributed by atoms with Crippen molar-refractivity contribution >= 4 is 18.0 Å². The maximum absolute atomic E-state index is 12.0. The van der Waals surface area contributed by atoms with Crippen molar-refractivity contribution in [2.24, 2.45) is 5.92 Å². The molecule has 1 rings (SSSR count). The van der Waals surface area contributed by atoms with Crippen LogP contribution in [0.2, 0.25) is 0 Å². The molecule has 0 bridgehead atoms. The summed E-state index contributed by atoms with van der Waals surface area (Å²) >= 11 is 0. The Morgan fingerprint density at radius 3 is 2.36 bits per heavy atom. The fraction of sp³-hybridized carbons (Fsp3) is 0.571. The number of hydrogen-bond donors (Lipinski definition) is 2. The third kappa shape index (κ3) is 11.2. The molecule has 1 atom stereocenters. The van der Waals surface area contributed by atoms with Crippen molar-refractivity contribution in [2.75, 3.05) is 13.1 Å². The maximum atomic E-state index is 12.0. The van der Waals surface area contributed by atoms with Gasteiger partial charge in [0.15, 0.2) is 0 Å². The summed E-state index contributed by atoms with van der Waals surface area (Å²) in [7, 11) is 0. The molecule has 0 aliphatic carbocycles. The lowest BCUT2D eigenvalue weighted by atomic mass is 10.0. The normalized spacial score (nSPS) is 12.0. The number of amides is 2. The molecule has 0 aliphatic heterocycles. The second kappa shape index (κ2) is 12.0. The molecule has 7 nitrogen and oxygen atoms in total. The predicted molar refractivity (Wildman–Crippen MR) is 106 cm³/mol. The van der Waals surface area contributed by atoms with Crippen LogP contribution in [0.25, 0.3) is 0 Å². The third-order valence-corrected chi connectivity index (χ3v) is 3.80. The smallest absolute Gasteiger partial charge is 0.407 e. The van der Waals surface area contributed by atoms with Crippen molar-refractivity contribution in [3.8, 4) is 0 Å². The first kappa shape index (κ1) is 23.5. The van der Waals surface area contributed by atoms with Gasteiger partial charge in [0.2, 0.25) is 5.91 Å². The second-order valence-corrected chi connectivity index (χ2v) is 7.66. The van der Waals surface area contributed by atoms with Crippen molar-refractivity contribution in [1.82, 2.24) is 10.6 Å². The molecule has 0 unspecified atom stereocenters. The van der Waals surface area contributed by atoms with Gasteiger partial charge < -0.3 is 20.1 Å². The van der Waals surface area contributed by atoms with Crippen LogP contribution in [0.4, 0.5) is 4.79 Å². The molecule has 0 aliphatic rings. The minimum atomic E-state index is -0.528. The molecule has 28 heavy (non-hydrogen) atoms. The minimum absolute atomic E-state index is 0.117. The molecular weight excluding hydrogens is 360 g/mol. The number of carbonyl (C=O) groups excluding carboxylic acids is 3. The highest BCUT2D eigenvalue weighted by molar-refractivity contribution is 5.79. The van der Waals surface area contributed by atoms with E-state index in [9.17, 15) is 14.4 Å². The van der Waals surface area contributed by atoms with E-state index in [1.165, 1.54) is 0 Å². The molecule has 1 aromatic carbocycles. The SMILES string of the molecule is C[C@@H](CCCNC(=O)OC(C)(C)C)C(=O)NCCC(=O)OCc1ccccc1. The number of alkyl carbamates (subject to hydrolysis) is 1. The van der Waals surface area contributed by atoms with Gasteiger partial charge in [0.1, 0.15) is 12.2 Å². The highest BCUT2D eigenvalue weighted by Crippen LogP contribution is 2.08. The summed E-state index contributed by atoms with van der Waals surface area (Å²) in [6, 6.07) is 9.43. The molecule has 0 radical (unpaired) electrons. The quantitative estimate of drug-likeness (QED) is 0.471. The van der Waals surface area contributed by atoms with Gasteiger partial charge in [-0.3, -0.25) is 9.59 Å². The average Bonchev–Trinajstić information content (AvgIpc) is 2.62. The second-order valence-electron chi connectivity index (χ2n) is 7.66. The first-order valence-electron chi connectivity index (χ1n) is 9.61. The number of ether oxygens (including phenoxy) is 2. The standard InChI is InChI=1S/C21H32N2O5/c1-16(9-8-13-23-20(26)28-21(2,3)4)19(25)22-14-12-18(24)27-15-17-10-6-5-7-11-17/h5-7,10-11,16H,8-9,12-15H2,1-4H3,(H,22,25)(H,23,26)/t16-/m0/s1. The van der Waals surface area contributed by atoms with Crippen molar-refractivity contribution in [1.29, 1.82) is 0 Å². The van der Waals surface area contributed by atoms with Gasteiger partial charge in [-0.25, -0.2) is 4.79 Å². The van der Waals surface area contributed by atoms with Gasteiger partial charge >= 0.3 is 12.1 Å². The van der Waals surface area contributed by atoms with Crippen LogP contribution in [-0.2, 0) is 25.7 Å². The highest BCUT2D eigenvalue weighted by Gasteiger charge is 2.16. The monoisotopic (exact) mass is 392 g/mol. The number of hydrogen-bond acceptors (Lipinski definition) is 5. The van der Waals surface area contributed by atoms with Crippen LogP contribution in [0.5, 0.6) is 0 Å². The molecule has 0 spiro atoms. The lowest BCUT2D eigenvalue weighted by molar-refractivity contribution is -0.144. The third-order valence-electron chi connectivity index (χ3n) is 3.80. The van der Waals surface area contributed by atoms with Gasteiger partial charge in [-0.1, -0.05) is 37.3 Å². The molecule has 0 heterocycles. The summed E-state index contributed by atoms with van der Waals surface area (Å²) in [4.78, 5) is 35.3. The van der Waals surface area contributed by atoms with Crippen LogP contribution in [0.15, 0.2) is 30.3 Å². The molecule has 0 fully saturated rings. The number of rotatable bonds is 10. The first-order valence-corrected chi connectivity index (χ1v) is 9.61. The van der Waals surface area contributed by atoms with Crippen molar-refractivity contribution in [3.05, 3.63) is 35.9 Å². The Labute approximate surface area is 167 Å². The van der Waals surface area contributed by atoms with Gasteiger partial charge in [-0.2, -0.15) is 0 Å². The van der Waals surface area contributed by atoms with E-state index < -0.39 is 11.7 Å². The fourth-order valence-corrected chi connectivity index (χ4v) is 2.32. The Balaban J connectivity index is 2.10. The first-order chi connectivity index (χ1) is 13.2. The van der Waals surface area contributed by atoms with Crippen molar-refractivity contribution in [3.63, 3.8) is 0 Å². The Morgan fingerprint density at radius 1 is 1.04 bits per heavy atom. The summed E-state index contributed by atoms with van der Waals surface area (Å²) in [6.45, 7) is 8.14. The molecular formula is C21H32N2O5. The minimum Gasteiger partial charge on any atom is -0.461 e. The van der Waals surface area contributed by atoms with Crippen LogP contribution >= 0.6 is 0 Å². The average molecular weight is 392 g/mol. The maximum Gasteiger partial charge on any atom is 0.407 e. The highest BCUT2D eigenvalue weighted by atomic mass is 16.6. The van der Waals surface area contributed by atoms with Crippen LogP contribution in [-0.4, -0.2) is 36.7 Å². The predicted octanol–water partition coefficient (Wildman–Crippen LogP) is 3.18. The lowest BCUT2D eigenvalue weighted by Gasteiger charge is -2.19. The molecule has 0 saturated carbocycles. The molecule has 2 N–H and O–H groups in total. The molecule has 0 saturated heterocycles. The van der Waals surface area contributed by atoms with E-state index in [4.69, 9.17) is 9.47 Å². The summed E-state index contributed by atoms with van der Waals surface area (Å²) in [5.41, 5.74) is 0.396. The molecule has 2 amide bonds. The summed E-state index contributed by atoms with van der Waals surface area (Å²) in [6.07, 6.45) is 0.956. The number of carbonyl (C=O) groups is 3. The Hall–Kier alpha value is -2.57. The van der Waals surface area contributed by atoms with E-state index in [2.05, 4.69) is 10.6 Å². The van der Waals surface area contributed by atoms with E-state index in [0.29, 0.717) is 19.4 Å².